The quantitative estimate of drug-likeness (QED) is 0.359. The molecule has 1 aliphatic rings. The van der Waals surface area contributed by atoms with E-state index < -0.39 is 0 Å². The second-order valence-corrected chi connectivity index (χ2v) is 7.59. The van der Waals surface area contributed by atoms with Gasteiger partial charge in [-0.05, 0) is 48.0 Å². The van der Waals surface area contributed by atoms with Crippen LogP contribution in [-0.2, 0) is 6.54 Å². The summed E-state index contributed by atoms with van der Waals surface area (Å²) >= 11 is 0. The fourth-order valence-electron chi connectivity index (χ4n) is 4.00. The Hall–Kier alpha value is -4.32. The van der Waals surface area contributed by atoms with Gasteiger partial charge in [-0.15, -0.1) is 0 Å². The van der Waals surface area contributed by atoms with Crippen LogP contribution >= 0.6 is 0 Å². The van der Waals surface area contributed by atoms with Gasteiger partial charge in [0, 0.05) is 17.7 Å². The minimum Gasteiger partial charge on any atom is -0.461 e. The van der Waals surface area contributed by atoms with Crippen molar-refractivity contribution in [2.75, 3.05) is 6.79 Å². The first-order valence-electron chi connectivity index (χ1n) is 10.3. The summed E-state index contributed by atoms with van der Waals surface area (Å²) in [6.07, 6.45) is 1.63. The fourth-order valence-corrected chi connectivity index (χ4v) is 4.00. The van der Waals surface area contributed by atoms with Crippen LogP contribution in [0.3, 0.4) is 0 Å². The first-order valence-corrected chi connectivity index (χ1v) is 10.3. The molecule has 3 aromatic carbocycles. The highest BCUT2D eigenvalue weighted by atomic mass is 16.7. The van der Waals surface area contributed by atoms with Crippen LogP contribution in [0.25, 0.3) is 22.6 Å². The van der Waals surface area contributed by atoms with Gasteiger partial charge in [-0.2, -0.15) is 0 Å². The van der Waals surface area contributed by atoms with Crippen molar-refractivity contribution in [2.24, 2.45) is 0 Å². The SMILES string of the molecule is O=C(c1ccccc1)c1ccc2c(c1)nc(-c1ccco1)n2Cc1ccc2c(c1)OCO2. The maximum absolute atomic E-state index is 12.9. The van der Waals surface area contributed by atoms with Gasteiger partial charge >= 0.3 is 0 Å². The van der Waals surface area contributed by atoms with Crippen LogP contribution in [0.1, 0.15) is 21.5 Å². The topological polar surface area (TPSA) is 66.5 Å². The highest BCUT2D eigenvalue weighted by molar-refractivity contribution is 6.10. The maximum Gasteiger partial charge on any atom is 0.231 e. The zero-order valence-corrected chi connectivity index (χ0v) is 17.0. The van der Waals surface area contributed by atoms with Crippen molar-refractivity contribution in [3.63, 3.8) is 0 Å². The van der Waals surface area contributed by atoms with E-state index in [9.17, 15) is 4.79 Å². The molecule has 0 amide bonds. The summed E-state index contributed by atoms with van der Waals surface area (Å²) in [7, 11) is 0. The summed E-state index contributed by atoms with van der Waals surface area (Å²) in [5.41, 5.74) is 3.95. The number of ether oxygens (including phenoxy) is 2. The van der Waals surface area contributed by atoms with Crippen LogP contribution in [0, 0.1) is 0 Å². The van der Waals surface area contributed by atoms with Crippen LogP contribution in [0.2, 0.25) is 0 Å². The molecule has 0 spiro atoms. The van der Waals surface area contributed by atoms with Gasteiger partial charge in [0.05, 0.1) is 17.3 Å². The molecule has 3 heterocycles. The minimum absolute atomic E-state index is 0.0302. The number of hydrogen-bond acceptors (Lipinski definition) is 5. The van der Waals surface area contributed by atoms with E-state index in [0.29, 0.717) is 29.3 Å². The molecule has 0 radical (unpaired) electrons. The van der Waals surface area contributed by atoms with Crippen molar-refractivity contribution < 1.29 is 18.7 Å². The normalized spacial score (nSPS) is 12.4. The fraction of sp³-hybridized carbons (Fsp3) is 0.0769. The van der Waals surface area contributed by atoms with E-state index >= 15 is 0 Å². The lowest BCUT2D eigenvalue weighted by atomic mass is 10.0. The summed E-state index contributed by atoms with van der Waals surface area (Å²) in [6.45, 7) is 0.803. The van der Waals surface area contributed by atoms with Crippen LogP contribution in [-0.4, -0.2) is 22.1 Å². The Balaban J connectivity index is 1.44. The number of rotatable bonds is 5. The number of aromatic nitrogens is 2. The molecule has 2 aromatic heterocycles. The molecule has 32 heavy (non-hydrogen) atoms. The molecule has 0 atom stereocenters. The molecule has 5 aromatic rings. The van der Waals surface area contributed by atoms with Gasteiger partial charge in [0.25, 0.3) is 0 Å². The molecule has 0 saturated heterocycles. The number of carbonyl (C=O) groups excluding carboxylic acids is 1. The zero-order chi connectivity index (χ0) is 21.5. The van der Waals surface area contributed by atoms with Crippen molar-refractivity contribution in [3.05, 3.63) is 102 Å². The summed E-state index contributed by atoms with van der Waals surface area (Å²) in [4.78, 5) is 17.8. The van der Waals surface area contributed by atoms with Gasteiger partial charge in [0.15, 0.2) is 28.9 Å². The third-order valence-electron chi connectivity index (χ3n) is 5.57. The maximum atomic E-state index is 12.9. The number of furan rings is 1. The first-order chi connectivity index (χ1) is 15.8. The number of carbonyl (C=O) groups is 1. The summed E-state index contributed by atoms with van der Waals surface area (Å²) in [6, 6.07) is 24.5. The van der Waals surface area contributed by atoms with Crippen LogP contribution < -0.4 is 9.47 Å². The second kappa shape index (κ2) is 7.42. The third-order valence-corrected chi connectivity index (χ3v) is 5.57. The van der Waals surface area contributed by atoms with E-state index in [4.69, 9.17) is 18.9 Å². The Morgan fingerprint density at radius 1 is 0.875 bits per heavy atom. The lowest BCUT2D eigenvalue weighted by Gasteiger charge is -2.09. The summed E-state index contributed by atoms with van der Waals surface area (Å²) in [5, 5.41) is 0. The van der Waals surface area contributed by atoms with E-state index in [2.05, 4.69) is 4.57 Å². The van der Waals surface area contributed by atoms with Gasteiger partial charge in [-0.1, -0.05) is 36.4 Å². The van der Waals surface area contributed by atoms with Gasteiger partial charge in [0.1, 0.15) is 0 Å². The molecule has 1 aliphatic heterocycles. The monoisotopic (exact) mass is 422 g/mol. The van der Waals surface area contributed by atoms with Crippen molar-refractivity contribution in [1.29, 1.82) is 0 Å². The van der Waals surface area contributed by atoms with Gasteiger partial charge in [-0.25, -0.2) is 4.98 Å². The average molecular weight is 422 g/mol. The Morgan fingerprint density at radius 3 is 2.59 bits per heavy atom. The third kappa shape index (κ3) is 3.13. The molecular weight excluding hydrogens is 404 g/mol. The molecule has 0 fully saturated rings. The van der Waals surface area contributed by atoms with E-state index in [1.807, 2.05) is 78.9 Å². The van der Waals surface area contributed by atoms with Crippen molar-refractivity contribution in [1.82, 2.24) is 9.55 Å². The lowest BCUT2D eigenvalue weighted by molar-refractivity contribution is 0.103. The molecule has 0 saturated carbocycles. The minimum atomic E-state index is -0.0302. The number of imidazole rings is 1. The standard InChI is InChI=1S/C26H18N2O4/c29-25(18-5-2-1-3-6-18)19-9-10-21-20(14-19)27-26(23-7-4-12-30-23)28(21)15-17-8-11-22-24(13-17)32-16-31-22/h1-14H,15-16H2. The Morgan fingerprint density at radius 2 is 1.75 bits per heavy atom. The van der Waals surface area contributed by atoms with E-state index in [1.165, 1.54) is 0 Å². The Labute approximate surface area is 183 Å². The number of nitrogens with zero attached hydrogens (tertiary/aromatic N) is 2. The summed E-state index contributed by atoms with van der Waals surface area (Å²) in [5.74, 6) is 2.82. The van der Waals surface area contributed by atoms with E-state index in [0.717, 1.165) is 28.1 Å². The predicted molar refractivity (Wildman–Crippen MR) is 119 cm³/mol. The van der Waals surface area contributed by atoms with Gasteiger partial charge in [0.2, 0.25) is 6.79 Å². The van der Waals surface area contributed by atoms with E-state index in [1.54, 1.807) is 6.26 Å². The average Bonchev–Trinajstić information content (AvgIpc) is 3.59. The number of benzene rings is 3. The molecule has 6 nitrogen and oxygen atoms in total. The van der Waals surface area contributed by atoms with Gasteiger partial charge < -0.3 is 18.5 Å². The molecular formula is C26H18N2O4. The van der Waals surface area contributed by atoms with Crippen molar-refractivity contribution in [2.45, 2.75) is 6.54 Å². The van der Waals surface area contributed by atoms with Gasteiger partial charge in [-0.3, -0.25) is 4.79 Å². The zero-order valence-electron chi connectivity index (χ0n) is 17.0. The molecule has 6 heteroatoms. The molecule has 0 aliphatic carbocycles. The number of ketones is 1. The largest absolute Gasteiger partial charge is 0.461 e. The first kappa shape index (κ1) is 18.4. The Bertz CT molecular complexity index is 1440. The smallest absolute Gasteiger partial charge is 0.231 e. The molecule has 0 unspecified atom stereocenters. The lowest BCUT2D eigenvalue weighted by Crippen LogP contribution is -2.03. The second-order valence-electron chi connectivity index (χ2n) is 7.59. The Kier molecular flexibility index (Phi) is 4.28. The van der Waals surface area contributed by atoms with E-state index in [-0.39, 0.29) is 12.6 Å². The molecule has 6 rings (SSSR count). The molecule has 0 bridgehead atoms. The predicted octanol–water partition coefficient (Wildman–Crippen LogP) is 5.30. The van der Waals surface area contributed by atoms with Crippen LogP contribution in [0.15, 0.2) is 89.5 Å². The molecule has 156 valence electrons. The summed E-state index contributed by atoms with van der Waals surface area (Å²) < 4.78 is 18.7. The number of fused-ring (bicyclic) bond motifs is 2. The van der Waals surface area contributed by atoms with Crippen LogP contribution in [0.5, 0.6) is 11.5 Å². The number of hydrogen-bond donors (Lipinski definition) is 0. The van der Waals surface area contributed by atoms with Crippen molar-refractivity contribution >= 4 is 16.8 Å². The highest BCUT2D eigenvalue weighted by Crippen LogP contribution is 2.34. The molecule has 0 N–H and O–H groups in total. The van der Waals surface area contributed by atoms with Crippen molar-refractivity contribution in [3.8, 4) is 23.1 Å². The highest BCUT2D eigenvalue weighted by Gasteiger charge is 2.19. The van der Waals surface area contributed by atoms with Crippen LogP contribution in [0.4, 0.5) is 0 Å².